The Bertz CT molecular complexity index is 485. The number of amides is 1. The molecule has 0 aliphatic carbocycles. The Labute approximate surface area is 113 Å². The van der Waals surface area contributed by atoms with Crippen molar-refractivity contribution in [2.75, 3.05) is 32.7 Å². The minimum absolute atomic E-state index is 0.0724. The third-order valence-electron chi connectivity index (χ3n) is 3.05. The highest BCUT2D eigenvalue weighted by molar-refractivity contribution is 5.94. The van der Waals surface area contributed by atoms with E-state index in [1.165, 1.54) is 28.1 Å². The number of piperazine rings is 1. The molecule has 0 unspecified atom stereocenters. The molecule has 0 aromatic carbocycles. The van der Waals surface area contributed by atoms with Crippen molar-refractivity contribution in [3.8, 4) is 5.75 Å². The lowest BCUT2D eigenvalue weighted by Gasteiger charge is -2.34. The Kier molecular flexibility index (Phi) is 4.12. The van der Waals surface area contributed by atoms with E-state index in [0.29, 0.717) is 0 Å². The molecule has 1 aromatic rings. The highest BCUT2D eigenvalue weighted by Gasteiger charge is 2.33. The fourth-order valence-corrected chi connectivity index (χ4v) is 2.07. The van der Waals surface area contributed by atoms with Gasteiger partial charge in [0.05, 0.1) is 6.54 Å². The molecule has 2 heterocycles. The Morgan fingerprint density at radius 2 is 1.95 bits per heavy atom. The minimum atomic E-state index is -4.23. The first-order chi connectivity index (χ1) is 9.37. The molecule has 2 rings (SSSR count). The minimum Gasteiger partial charge on any atom is -0.505 e. The molecule has 1 saturated heterocycles. The Morgan fingerprint density at radius 1 is 1.30 bits per heavy atom. The van der Waals surface area contributed by atoms with Gasteiger partial charge in [-0.15, -0.1) is 0 Å². The number of aromatic nitrogens is 1. The summed E-state index contributed by atoms with van der Waals surface area (Å²) in [6.45, 7) is -0.294. The molecule has 0 radical (unpaired) electrons. The van der Waals surface area contributed by atoms with Crippen molar-refractivity contribution in [1.82, 2.24) is 14.8 Å². The SMILES string of the molecule is O=C(c1ncccc1O)N1CCN(CC(F)(F)F)CC1. The van der Waals surface area contributed by atoms with Gasteiger partial charge >= 0.3 is 6.18 Å². The van der Waals surface area contributed by atoms with E-state index in [0.717, 1.165) is 0 Å². The van der Waals surface area contributed by atoms with E-state index in [-0.39, 0.29) is 37.6 Å². The van der Waals surface area contributed by atoms with Gasteiger partial charge in [0.1, 0.15) is 5.75 Å². The molecule has 0 bridgehead atoms. The summed E-state index contributed by atoms with van der Waals surface area (Å²) in [5, 5.41) is 9.55. The molecule has 8 heteroatoms. The van der Waals surface area contributed by atoms with Crippen LogP contribution in [-0.4, -0.2) is 64.7 Å². The fraction of sp³-hybridized carbons (Fsp3) is 0.500. The first kappa shape index (κ1) is 14.6. The number of aromatic hydroxyl groups is 1. The van der Waals surface area contributed by atoms with Gasteiger partial charge < -0.3 is 10.0 Å². The summed E-state index contributed by atoms with van der Waals surface area (Å²) >= 11 is 0. The number of pyridine rings is 1. The standard InChI is InChI=1S/C12H14F3N3O2/c13-12(14,15)8-17-4-6-18(7-5-17)11(20)10-9(19)2-1-3-16-10/h1-3,19H,4-8H2. The lowest BCUT2D eigenvalue weighted by atomic mass is 10.2. The Hall–Kier alpha value is -1.83. The van der Waals surface area contributed by atoms with Crippen LogP contribution in [0.15, 0.2) is 18.3 Å². The predicted octanol–water partition coefficient (Wildman–Crippen LogP) is 1.11. The zero-order valence-corrected chi connectivity index (χ0v) is 10.6. The van der Waals surface area contributed by atoms with Gasteiger partial charge in [-0.3, -0.25) is 9.69 Å². The second-order valence-corrected chi connectivity index (χ2v) is 4.55. The highest BCUT2D eigenvalue weighted by atomic mass is 19.4. The van der Waals surface area contributed by atoms with Gasteiger partial charge in [0, 0.05) is 32.4 Å². The second kappa shape index (κ2) is 5.66. The topological polar surface area (TPSA) is 56.7 Å². The smallest absolute Gasteiger partial charge is 0.401 e. The van der Waals surface area contributed by atoms with Crippen molar-refractivity contribution in [2.24, 2.45) is 0 Å². The van der Waals surface area contributed by atoms with Crippen LogP contribution in [0.3, 0.4) is 0 Å². The zero-order valence-electron chi connectivity index (χ0n) is 10.6. The molecule has 1 fully saturated rings. The molecular formula is C12H14F3N3O2. The molecule has 0 spiro atoms. The molecule has 0 saturated carbocycles. The van der Waals surface area contributed by atoms with Crippen LogP contribution in [0.25, 0.3) is 0 Å². The fourth-order valence-electron chi connectivity index (χ4n) is 2.07. The van der Waals surface area contributed by atoms with Gasteiger partial charge in [-0.05, 0) is 12.1 Å². The van der Waals surface area contributed by atoms with E-state index < -0.39 is 18.6 Å². The number of hydrogen-bond acceptors (Lipinski definition) is 4. The maximum Gasteiger partial charge on any atom is 0.401 e. The number of halogens is 3. The summed E-state index contributed by atoms with van der Waals surface area (Å²) in [7, 11) is 0. The summed E-state index contributed by atoms with van der Waals surface area (Å²) in [5.41, 5.74) is -0.0724. The van der Waals surface area contributed by atoms with E-state index in [9.17, 15) is 23.1 Å². The van der Waals surface area contributed by atoms with Crippen LogP contribution in [0, 0.1) is 0 Å². The molecule has 1 N–H and O–H groups in total. The van der Waals surface area contributed by atoms with Crippen LogP contribution in [0.5, 0.6) is 5.75 Å². The van der Waals surface area contributed by atoms with Gasteiger partial charge in [0.15, 0.2) is 5.69 Å². The van der Waals surface area contributed by atoms with Crippen LogP contribution in [0.4, 0.5) is 13.2 Å². The van der Waals surface area contributed by atoms with Crippen LogP contribution >= 0.6 is 0 Å². The quantitative estimate of drug-likeness (QED) is 0.886. The maximum absolute atomic E-state index is 12.2. The number of carbonyl (C=O) groups excluding carboxylic acids is 1. The molecule has 1 aliphatic heterocycles. The molecule has 1 aromatic heterocycles. The first-order valence-corrected chi connectivity index (χ1v) is 6.09. The van der Waals surface area contributed by atoms with Gasteiger partial charge in [-0.2, -0.15) is 13.2 Å². The van der Waals surface area contributed by atoms with Gasteiger partial charge in [-0.1, -0.05) is 0 Å². The van der Waals surface area contributed by atoms with E-state index in [1.807, 2.05) is 0 Å². The second-order valence-electron chi connectivity index (χ2n) is 4.55. The summed E-state index contributed by atoms with van der Waals surface area (Å²) in [4.78, 5) is 18.5. The molecule has 20 heavy (non-hydrogen) atoms. The van der Waals surface area contributed by atoms with Gasteiger partial charge in [0.25, 0.3) is 5.91 Å². The summed E-state index contributed by atoms with van der Waals surface area (Å²) in [5.74, 6) is -0.690. The highest BCUT2D eigenvalue weighted by Crippen LogP contribution is 2.19. The summed E-state index contributed by atoms with van der Waals surface area (Å²) in [6, 6.07) is 2.84. The normalized spacial score (nSPS) is 17.2. The van der Waals surface area contributed by atoms with Crippen molar-refractivity contribution in [2.45, 2.75) is 6.18 Å². The number of carbonyl (C=O) groups is 1. The zero-order chi connectivity index (χ0) is 14.8. The molecule has 0 atom stereocenters. The molecular weight excluding hydrogens is 275 g/mol. The molecule has 1 amide bonds. The predicted molar refractivity (Wildman–Crippen MR) is 64.3 cm³/mol. The lowest BCUT2D eigenvalue weighted by molar-refractivity contribution is -0.148. The van der Waals surface area contributed by atoms with E-state index >= 15 is 0 Å². The molecule has 1 aliphatic rings. The Morgan fingerprint density at radius 3 is 2.50 bits per heavy atom. The van der Waals surface area contributed by atoms with Gasteiger partial charge in [0.2, 0.25) is 0 Å². The van der Waals surface area contributed by atoms with Crippen molar-refractivity contribution in [3.63, 3.8) is 0 Å². The first-order valence-electron chi connectivity index (χ1n) is 6.09. The van der Waals surface area contributed by atoms with Crippen LogP contribution in [-0.2, 0) is 0 Å². The number of rotatable bonds is 2. The van der Waals surface area contributed by atoms with E-state index in [2.05, 4.69) is 4.98 Å². The largest absolute Gasteiger partial charge is 0.505 e. The third-order valence-corrected chi connectivity index (χ3v) is 3.05. The molecule has 110 valence electrons. The van der Waals surface area contributed by atoms with Crippen LogP contribution < -0.4 is 0 Å². The van der Waals surface area contributed by atoms with Crippen molar-refractivity contribution in [1.29, 1.82) is 0 Å². The van der Waals surface area contributed by atoms with Crippen LogP contribution in [0.2, 0.25) is 0 Å². The monoisotopic (exact) mass is 289 g/mol. The number of nitrogens with zero attached hydrogens (tertiary/aromatic N) is 3. The number of hydrogen-bond donors (Lipinski definition) is 1. The average molecular weight is 289 g/mol. The summed E-state index contributed by atoms with van der Waals surface area (Å²) in [6.07, 6.45) is -2.85. The average Bonchev–Trinajstić information content (AvgIpc) is 2.37. The number of alkyl halides is 3. The molecule has 5 nitrogen and oxygen atoms in total. The van der Waals surface area contributed by atoms with Crippen LogP contribution in [0.1, 0.15) is 10.5 Å². The lowest BCUT2D eigenvalue weighted by Crippen LogP contribution is -2.51. The third kappa shape index (κ3) is 3.60. The maximum atomic E-state index is 12.2. The van der Waals surface area contributed by atoms with Crippen molar-refractivity contribution < 1.29 is 23.1 Å². The van der Waals surface area contributed by atoms with Crippen molar-refractivity contribution in [3.05, 3.63) is 24.0 Å². The van der Waals surface area contributed by atoms with E-state index in [4.69, 9.17) is 0 Å². The Balaban J connectivity index is 1.94. The van der Waals surface area contributed by atoms with Crippen molar-refractivity contribution >= 4 is 5.91 Å². The van der Waals surface area contributed by atoms with Gasteiger partial charge in [-0.25, -0.2) is 4.98 Å². The summed E-state index contributed by atoms with van der Waals surface area (Å²) < 4.78 is 36.7. The van der Waals surface area contributed by atoms with E-state index in [1.54, 1.807) is 0 Å².